The molecule has 0 radical (unpaired) electrons. The molecule has 0 bridgehead atoms. The molecule has 0 saturated heterocycles. The van der Waals surface area contributed by atoms with E-state index in [1.807, 2.05) is 0 Å². The third-order valence-corrected chi connectivity index (χ3v) is 5.98. The minimum atomic E-state index is 0.00612. The molecule has 0 aromatic carbocycles. The molecule has 1 aliphatic carbocycles. The molecule has 1 saturated carbocycles. The molecule has 1 rings (SSSR count). The fraction of sp³-hybridized carbons (Fsp3) is 0.667. The van der Waals surface area contributed by atoms with Gasteiger partial charge in [0.1, 0.15) is 5.76 Å². The van der Waals surface area contributed by atoms with Crippen LogP contribution in [0.15, 0.2) is 46.3 Å². The van der Waals surface area contributed by atoms with Crippen molar-refractivity contribution in [2.24, 2.45) is 5.92 Å². The Bertz CT molecular complexity index is 621. The van der Waals surface area contributed by atoms with Gasteiger partial charge in [0.25, 0.3) is 0 Å². The molecule has 1 fully saturated rings. The maximum Gasteiger partial charge on any atom is 0.314 e. The van der Waals surface area contributed by atoms with Crippen molar-refractivity contribution in [1.29, 1.82) is 0 Å². The molecule has 0 aliphatic heterocycles. The van der Waals surface area contributed by atoms with Crippen LogP contribution in [-0.4, -0.2) is 5.97 Å². The highest BCUT2D eigenvalue weighted by molar-refractivity contribution is 5.73. The molecule has 0 N–H and O–H groups in total. The van der Waals surface area contributed by atoms with E-state index in [0.717, 1.165) is 70.0 Å². The first-order valence-corrected chi connectivity index (χ1v) is 11.6. The van der Waals surface area contributed by atoms with Crippen LogP contribution in [0.5, 0.6) is 0 Å². The Balaban J connectivity index is 2.74. The summed E-state index contributed by atoms with van der Waals surface area (Å²) in [6, 6.07) is 0. The third kappa shape index (κ3) is 11.3. The van der Waals surface area contributed by atoms with Gasteiger partial charge in [-0.1, -0.05) is 54.2 Å². The maximum absolute atomic E-state index is 12.7. The van der Waals surface area contributed by atoms with Gasteiger partial charge in [-0.2, -0.15) is 0 Å². The van der Waals surface area contributed by atoms with E-state index in [2.05, 4.69) is 59.8 Å². The van der Waals surface area contributed by atoms with Crippen LogP contribution in [-0.2, 0) is 9.53 Å². The predicted molar refractivity (Wildman–Crippen MR) is 126 cm³/mol. The van der Waals surface area contributed by atoms with Gasteiger partial charge in [0, 0.05) is 6.42 Å². The molecular weight excluding hydrogens is 356 g/mol. The molecule has 0 unspecified atom stereocenters. The predicted octanol–water partition coefficient (Wildman–Crippen LogP) is 8.60. The Hall–Kier alpha value is -1.57. The van der Waals surface area contributed by atoms with E-state index in [4.69, 9.17) is 4.74 Å². The van der Waals surface area contributed by atoms with Crippen molar-refractivity contribution in [3.63, 3.8) is 0 Å². The van der Waals surface area contributed by atoms with E-state index in [1.165, 1.54) is 28.7 Å². The van der Waals surface area contributed by atoms with Crippen LogP contribution in [0.1, 0.15) is 112 Å². The lowest BCUT2D eigenvalue weighted by molar-refractivity contribution is -0.145. The van der Waals surface area contributed by atoms with Gasteiger partial charge in [-0.25, -0.2) is 0 Å². The Kier molecular flexibility index (Phi) is 12.7. The summed E-state index contributed by atoms with van der Waals surface area (Å²) in [5, 5.41) is 0. The zero-order valence-electron chi connectivity index (χ0n) is 19.9. The molecule has 0 aromatic rings. The van der Waals surface area contributed by atoms with Crippen molar-refractivity contribution in [2.75, 3.05) is 0 Å². The highest BCUT2D eigenvalue weighted by Gasteiger charge is 2.24. The number of rotatable bonds is 11. The zero-order valence-corrected chi connectivity index (χ0v) is 19.9. The molecule has 0 aromatic heterocycles. The van der Waals surface area contributed by atoms with Crippen molar-refractivity contribution >= 4 is 5.97 Å². The lowest BCUT2D eigenvalue weighted by atomic mass is 9.89. The van der Waals surface area contributed by atoms with Crippen LogP contribution in [0.3, 0.4) is 0 Å². The lowest BCUT2D eigenvalue weighted by Crippen LogP contribution is -2.20. The van der Waals surface area contributed by atoms with E-state index >= 15 is 0 Å². The average Bonchev–Trinajstić information content (AvgIpc) is 2.70. The first-order chi connectivity index (χ1) is 13.8. The molecule has 2 heteroatoms. The summed E-state index contributed by atoms with van der Waals surface area (Å²) in [4.78, 5) is 12.7. The number of carbonyl (C=O) groups is 1. The summed E-state index contributed by atoms with van der Waals surface area (Å²) in [6.07, 6.45) is 18.3. The SMILES string of the molecule is C/C=C(\C)CC/C=C(\C)CC/C(OC(=O)C1CCCCC1)=C(/C)CCC=C(C)C. The summed E-state index contributed by atoms with van der Waals surface area (Å²) < 4.78 is 6.00. The Morgan fingerprint density at radius 1 is 0.828 bits per heavy atom. The fourth-order valence-corrected chi connectivity index (χ4v) is 3.71. The van der Waals surface area contributed by atoms with E-state index in [1.54, 1.807) is 0 Å². The van der Waals surface area contributed by atoms with Gasteiger partial charge in [-0.15, -0.1) is 0 Å². The molecule has 0 amide bonds. The Morgan fingerprint density at radius 2 is 1.48 bits per heavy atom. The monoisotopic (exact) mass is 400 g/mol. The first-order valence-electron chi connectivity index (χ1n) is 11.6. The van der Waals surface area contributed by atoms with Gasteiger partial charge < -0.3 is 4.74 Å². The number of ether oxygens (including phenoxy) is 1. The summed E-state index contributed by atoms with van der Waals surface area (Å²) >= 11 is 0. The fourth-order valence-electron chi connectivity index (χ4n) is 3.71. The van der Waals surface area contributed by atoms with Crippen LogP contribution < -0.4 is 0 Å². The van der Waals surface area contributed by atoms with Gasteiger partial charge in [0.05, 0.1) is 5.92 Å². The van der Waals surface area contributed by atoms with Crippen molar-refractivity contribution in [3.8, 4) is 0 Å². The minimum absolute atomic E-state index is 0.00612. The van der Waals surface area contributed by atoms with Crippen molar-refractivity contribution in [1.82, 2.24) is 0 Å². The lowest BCUT2D eigenvalue weighted by Gasteiger charge is -2.21. The second-order valence-electron chi connectivity index (χ2n) is 9.00. The number of carbonyl (C=O) groups excluding carboxylic acids is 1. The molecular formula is C27H44O2. The van der Waals surface area contributed by atoms with Crippen LogP contribution in [0.4, 0.5) is 0 Å². The van der Waals surface area contributed by atoms with Crippen molar-refractivity contribution in [2.45, 2.75) is 112 Å². The Morgan fingerprint density at radius 3 is 2.10 bits per heavy atom. The first kappa shape index (κ1) is 25.5. The molecule has 29 heavy (non-hydrogen) atoms. The number of esters is 1. The highest BCUT2D eigenvalue weighted by Crippen LogP contribution is 2.28. The average molecular weight is 401 g/mol. The summed E-state index contributed by atoms with van der Waals surface area (Å²) in [7, 11) is 0. The van der Waals surface area contributed by atoms with Gasteiger partial charge >= 0.3 is 5.97 Å². The normalized spacial score (nSPS) is 17.0. The van der Waals surface area contributed by atoms with Crippen molar-refractivity contribution < 1.29 is 9.53 Å². The Labute approximate surface area is 180 Å². The summed E-state index contributed by atoms with van der Waals surface area (Å²) in [6.45, 7) is 12.9. The molecule has 1 aliphatic rings. The zero-order chi connectivity index (χ0) is 21.6. The van der Waals surface area contributed by atoms with Crippen molar-refractivity contribution in [3.05, 3.63) is 46.3 Å². The molecule has 164 valence electrons. The smallest absolute Gasteiger partial charge is 0.314 e. The van der Waals surface area contributed by atoms with Gasteiger partial charge in [0.2, 0.25) is 0 Å². The van der Waals surface area contributed by atoms with E-state index in [9.17, 15) is 4.79 Å². The maximum atomic E-state index is 12.7. The van der Waals surface area contributed by atoms with Crippen LogP contribution in [0, 0.1) is 5.92 Å². The van der Waals surface area contributed by atoms with E-state index < -0.39 is 0 Å². The molecule has 0 heterocycles. The van der Waals surface area contributed by atoms with Crippen LogP contribution >= 0.6 is 0 Å². The topological polar surface area (TPSA) is 26.3 Å². The highest BCUT2D eigenvalue weighted by atomic mass is 16.5. The van der Waals surface area contributed by atoms with Crippen LogP contribution in [0.2, 0.25) is 0 Å². The summed E-state index contributed by atoms with van der Waals surface area (Å²) in [5.74, 6) is 1.02. The van der Waals surface area contributed by atoms with E-state index in [-0.39, 0.29) is 11.9 Å². The van der Waals surface area contributed by atoms with Gasteiger partial charge in [-0.05, 0) is 92.1 Å². The summed E-state index contributed by atoms with van der Waals surface area (Å²) in [5.41, 5.74) is 5.39. The molecule has 0 spiro atoms. The van der Waals surface area contributed by atoms with Gasteiger partial charge in [-0.3, -0.25) is 4.79 Å². The van der Waals surface area contributed by atoms with E-state index in [0.29, 0.717) is 0 Å². The molecule has 0 atom stereocenters. The van der Waals surface area contributed by atoms with Crippen LogP contribution in [0.25, 0.3) is 0 Å². The largest absolute Gasteiger partial charge is 0.431 e. The second-order valence-corrected chi connectivity index (χ2v) is 9.00. The molecule has 2 nitrogen and oxygen atoms in total. The second kappa shape index (κ2) is 14.4. The number of allylic oxidation sites excluding steroid dienone is 8. The third-order valence-electron chi connectivity index (χ3n) is 5.98. The van der Waals surface area contributed by atoms with Gasteiger partial charge in [0.15, 0.2) is 0 Å². The quantitative estimate of drug-likeness (QED) is 0.197. The minimum Gasteiger partial charge on any atom is -0.431 e. The number of hydrogen-bond acceptors (Lipinski definition) is 2. The number of hydrogen-bond donors (Lipinski definition) is 0. The standard InChI is InChI=1S/C27H44O2/c1-7-22(4)14-12-15-23(5)19-20-26(24(6)16-11-13-21(2)3)29-27(28)25-17-9-8-10-18-25/h7,13,15,25H,8-12,14,16-20H2,1-6H3/b22-7+,23-15+,26-24+.